The minimum Gasteiger partial charge on any atom is -0.345 e. The molecule has 1 fully saturated rings. The summed E-state index contributed by atoms with van der Waals surface area (Å²) in [6.45, 7) is 0. The maximum atomic E-state index is 4.46. The van der Waals surface area contributed by atoms with Crippen LogP contribution in [0.1, 0.15) is 25.3 Å². The lowest BCUT2D eigenvalue weighted by atomic mass is 9.93. The van der Waals surface area contributed by atoms with E-state index in [0.29, 0.717) is 6.04 Å². The van der Waals surface area contributed by atoms with Crippen molar-refractivity contribution in [2.45, 2.75) is 25.3 Å². The molecule has 0 spiro atoms. The zero-order valence-corrected chi connectivity index (χ0v) is 9.87. The van der Waals surface area contributed by atoms with Gasteiger partial charge in [0.1, 0.15) is 0 Å². The molecule has 0 atom stereocenters. The van der Waals surface area contributed by atoms with E-state index in [9.17, 15) is 0 Å². The second-order valence-electron chi connectivity index (χ2n) is 4.79. The fourth-order valence-electron chi connectivity index (χ4n) is 2.43. The molecule has 0 radical (unpaired) electrons. The van der Waals surface area contributed by atoms with E-state index < -0.39 is 0 Å². The highest BCUT2D eigenvalue weighted by molar-refractivity contribution is 5.91. The SMILES string of the molecule is c1cc2c(-c3cnn(C4CCC4)c3)cnnc2[nH]1. The monoisotopic (exact) mass is 239 g/mol. The third-order valence-electron chi connectivity index (χ3n) is 3.72. The van der Waals surface area contributed by atoms with E-state index in [2.05, 4.69) is 31.2 Å². The summed E-state index contributed by atoms with van der Waals surface area (Å²) in [6, 6.07) is 2.62. The van der Waals surface area contributed by atoms with Crippen LogP contribution in [0.2, 0.25) is 0 Å². The smallest absolute Gasteiger partial charge is 0.160 e. The summed E-state index contributed by atoms with van der Waals surface area (Å²) in [5.41, 5.74) is 3.03. The van der Waals surface area contributed by atoms with Gasteiger partial charge in [0.15, 0.2) is 5.65 Å². The quantitative estimate of drug-likeness (QED) is 0.747. The molecule has 4 rings (SSSR count). The molecule has 0 bridgehead atoms. The average Bonchev–Trinajstić information content (AvgIpc) is 2.93. The van der Waals surface area contributed by atoms with Crippen LogP contribution in [0.15, 0.2) is 30.9 Å². The van der Waals surface area contributed by atoms with Crippen LogP contribution in [-0.4, -0.2) is 25.0 Å². The van der Waals surface area contributed by atoms with E-state index in [1.165, 1.54) is 19.3 Å². The number of aromatic amines is 1. The van der Waals surface area contributed by atoms with Crippen molar-refractivity contribution in [3.8, 4) is 11.1 Å². The summed E-state index contributed by atoms with van der Waals surface area (Å²) in [5, 5.41) is 13.7. The lowest BCUT2D eigenvalue weighted by Crippen LogP contribution is -2.16. The molecule has 18 heavy (non-hydrogen) atoms. The van der Waals surface area contributed by atoms with Gasteiger partial charge in [-0.05, 0) is 25.3 Å². The lowest BCUT2D eigenvalue weighted by Gasteiger charge is -2.25. The van der Waals surface area contributed by atoms with Gasteiger partial charge in [0, 0.05) is 28.9 Å². The number of nitrogens with one attached hydrogen (secondary N) is 1. The Kier molecular flexibility index (Phi) is 2.00. The van der Waals surface area contributed by atoms with Crippen molar-refractivity contribution in [3.05, 3.63) is 30.9 Å². The Morgan fingerprint density at radius 2 is 2.22 bits per heavy atom. The molecular weight excluding hydrogens is 226 g/mol. The topological polar surface area (TPSA) is 59.4 Å². The second kappa shape index (κ2) is 3.66. The normalized spacial score (nSPS) is 16.0. The van der Waals surface area contributed by atoms with Gasteiger partial charge in [-0.1, -0.05) is 0 Å². The fraction of sp³-hybridized carbons (Fsp3) is 0.308. The van der Waals surface area contributed by atoms with Crippen LogP contribution < -0.4 is 0 Å². The Labute approximate surface area is 104 Å². The molecule has 5 heteroatoms. The van der Waals surface area contributed by atoms with Crippen LogP contribution in [0.3, 0.4) is 0 Å². The molecule has 1 aliphatic rings. The van der Waals surface area contributed by atoms with Crippen molar-refractivity contribution < 1.29 is 0 Å². The molecule has 5 nitrogen and oxygen atoms in total. The molecule has 0 unspecified atom stereocenters. The van der Waals surface area contributed by atoms with Crippen molar-refractivity contribution in [3.63, 3.8) is 0 Å². The maximum absolute atomic E-state index is 4.46. The molecular formula is C13H13N5. The molecule has 3 heterocycles. The standard InChI is InChI=1S/C13H13N5/c1-2-10(3-1)18-8-9(6-16-18)12-7-15-17-13-11(12)4-5-14-13/h4-8,10H,1-3H2,(H,14,17). The summed E-state index contributed by atoms with van der Waals surface area (Å²) >= 11 is 0. The molecule has 1 saturated carbocycles. The van der Waals surface area contributed by atoms with Crippen molar-refractivity contribution >= 4 is 11.0 Å². The molecule has 0 amide bonds. The van der Waals surface area contributed by atoms with Gasteiger partial charge in [-0.25, -0.2) is 0 Å². The fourth-order valence-corrected chi connectivity index (χ4v) is 2.43. The van der Waals surface area contributed by atoms with Gasteiger partial charge >= 0.3 is 0 Å². The van der Waals surface area contributed by atoms with Crippen LogP contribution in [0.5, 0.6) is 0 Å². The van der Waals surface area contributed by atoms with Crippen LogP contribution in [0, 0.1) is 0 Å². The maximum Gasteiger partial charge on any atom is 0.160 e. The van der Waals surface area contributed by atoms with Crippen LogP contribution >= 0.6 is 0 Å². The molecule has 0 aromatic carbocycles. The van der Waals surface area contributed by atoms with E-state index in [-0.39, 0.29) is 0 Å². The first-order valence-electron chi connectivity index (χ1n) is 6.25. The number of rotatable bonds is 2. The zero-order valence-electron chi connectivity index (χ0n) is 9.87. The summed E-state index contributed by atoms with van der Waals surface area (Å²) in [7, 11) is 0. The second-order valence-corrected chi connectivity index (χ2v) is 4.79. The number of aromatic nitrogens is 5. The van der Waals surface area contributed by atoms with Gasteiger partial charge in [0.25, 0.3) is 0 Å². The molecule has 1 aliphatic carbocycles. The molecule has 3 aromatic heterocycles. The van der Waals surface area contributed by atoms with Crippen LogP contribution in [0.4, 0.5) is 0 Å². The first kappa shape index (κ1) is 9.82. The van der Waals surface area contributed by atoms with Gasteiger partial charge in [-0.15, -0.1) is 5.10 Å². The van der Waals surface area contributed by atoms with Gasteiger partial charge in [0.2, 0.25) is 0 Å². The van der Waals surface area contributed by atoms with E-state index in [1.54, 1.807) is 6.20 Å². The third kappa shape index (κ3) is 1.37. The van der Waals surface area contributed by atoms with Crippen molar-refractivity contribution in [2.24, 2.45) is 0 Å². The highest BCUT2D eigenvalue weighted by Gasteiger charge is 2.20. The molecule has 0 aliphatic heterocycles. The number of H-pyrrole nitrogens is 1. The van der Waals surface area contributed by atoms with E-state index in [0.717, 1.165) is 22.2 Å². The Hall–Kier alpha value is -2.17. The lowest BCUT2D eigenvalue weighted by molar-refractivity contribution is 0.289. The predicted octanol–water partition coefficient (Wildman–Crippen LogP) is 2.55. The van der Waals surface area contributed by atoms with Gasteiger partial charge in [-0.2, -0.15) is 10.2 Å². The number of hydrogen-bond donors (Lipinski definition) is 1. The largest absolute Gasteiger partial charge is 0.345 e. The third-order valence-corrected chi connectivity index (χ3v) is 3.72. The summed E-state index contributed by atoms with van der Waals surface area (Å²) in [4.78, 5) is 3.08. The zero-order chi connectivity index (χ0) is 11.9. The van der Waals surface area contributed by atoms with E-state index >= 15 is 0 Å². The van der Waals surface area contributed by atoms with Crippen LogP contribution in [0.25, 0.3) is 22.2 Å². The van der Waals surface area contributed by atoms with Gasteiger partial charge in [-0.3, -0.25) is 4.68 Å². The van der Waals surface area contributed by atoms with Crippen molar-refractivity contribution in [1.29, 1.82) is 0 Å². The predicted molar refractivity (Wildman–Crippen MR) is 68.0 cm³/mol. The highest BCUT2D eigenvalue weighted by Crippen LogP contribution is 2.33. The Balaban J connectivity index is 1.81. The minimum atomic E-state index is 0.593. The molecule has 1 N–H and O–H groups in total. The summed E-state index contributed by atoms with van der Waals surface area (Å²) in [6.07, 6.45) is 11.5. The number of hydrogen-bond acceptors (Lipinski definition) is 3. The van der Waals surface area contributed by atoms with Gasteiger partial charge in [0.05, 0.1) is 18.4 Å². The number of fused-ring (bicyclic) bond motifs is 1. The minimum absolute atomic E-state index is 0.593. The summed E-state index contributed by atoms with van der Waals surface area (Å²) in [5.74, 6) is 0. The Bertz CT molecular complexity index is 692. The number of nitrogens with zero attached hydrogens (tertiary/aromatic N) is 4. The first-order valence-corrected chi connectivity index (χ1v) is 6.25. The highest BCUT2D eigenvalue weighted by atomic mass is 15.3. The van der Waals surface area contributed by atoms with Gasteiger partial charge < -0.3 is 4.98 Å². The molecule has 0 saturated heterocycles. The van der Waals surface area contributed by atoms with Crippen molar-refractivity contribution in [2.75, 3.05) is 0 Å². The average molecular weight is 239 g/mol. The molecule has 90 valence electrons. The Morgan fingerprint density at radius 1 is 1.28 bits per heavy atom. The summed E-state index contributed by atoms with van der Waals surface area (Å²) < 4.78 is 2.08. The van der Waals surface area contributed by atoms with E-state index in [4.69, 9.17) is 0 Å². The van der Waals surface area contributed by atoms with Crippen molar-refractivity contribution in [1.82, 2.24) is 25.0 Å². The first-order chi connectivity index (χ1) is 8.92. The van der Waals surface area contributed by atoms with Crippen LogP contribution in [-0.2, 0) is 0 Å². The van der Waals surface area contributed by atoms with E-state index in [1.807, 2.05) is 18.5 Å². The molecule has 3 aromatic rings. The Morgan fingerprint density at radius 3 is 3.06 bits per heavy atom.